The lowest BCUT2D eigenvalue weighted by Gasteiger charge is -2.62. The van der Waals surface area contributed by atoms with E-state index >= 15 is 0 Å². The van der Waals surface area contributed by atoms with Gasteiger partial charge in [0, 0.05) is 122 Å². The number of para-hydroxylation sites is 2. The van der Waals surface area contributed by atoms with Gasteiger partial charge in [-0.1, -0.05) is 120 Å². The Labute approximate surface area is 621 Å². The number of nitrogens with zero attached hydrogens (tertiary/aromatic N) is 5. The third-order valence-corrected chi connectivity index (χ3v) is 24.9. The van der Waals surface area contributed by atoms with E-state index in [-0.39, 0.29) is 73.5 Å². The molecule has 8 aliphatic rings. The highest BCUT2D eigenvalue weighted by Crippen LogP contribution is 2.62. The van der Waals surface area contributed by atoms with Crippen LogP contribution in [0.5, 0.6) is 11.5 Å². The number of hydrogen-bond donors (Lipinski definition) is 8. The Hall–Kier alpha value is -7.70. The van der Waals surface area contributed by atoms with E-state index in [2.05, 4.69) is 79.5 Å². The largest absolute Gasteiger partial charge is 0.496 e. The summed E-state index contributed by atoms with van der Waals surface area (Å²) in [6.45, 7) is 18.1. The average molecular weight is 1440 g/mol. The number of carbonyl (C=O) groups is 4. The summed E-state index contributed by atoms with van der Waals surface area (Å²) in [5, 5.41) is 55.4. The van der Waals surface area contributed by atoms with Crippen LogP contribution in [0, 0.1) is 58.2 Å². The molecule has 1 aromatic heterocycles. The summed E-state index contributed by atoms with van der Waals surface area (Å²) >= 11 is 0. The van der Waals surface area contributed by atoms with Crippen LogP contribution in [0.1, 0.15) is 124 Å². The molecule has 17 atom stereocenters. The molecule has 0 spiro atoms. The molecule has 2 aliphatic heterocycles. The molecular formula is C84H115N9O12. The topological polar surface area (TPSA) is 254 Å². The van der Waals surface area contributed by atoms with Gasteiger partial charge in [-0.3, -0.25) is 28.9 Å². The second-order valence-corrected chi connectivity index (χ2v) is 32.4. The molecule has 1 unspecified atom stereocenters. The Kier molecular flexibility index (Phi) is 24.8. The molecule has 4 amide bonds. The minimum absolute atomic E-state index is 0.00672. The number of aromatic amines is 1. The van der Waals surface area contributed by atoms with E-state index < -0.39 is 48.3 Å². The molecule has 8 fully saturated rings. The molecule has 6 saturated carbocycles. The van der Waals surface area contributed by atoms with Crippen LogP contribution < -0.4 is 30.3 Å². The van der Waals surface area contributed by atoms with Crippen LogP contribution >= 0.6 is 0 Å². The molecule has 0 radical (unpaired) electrons. The van der Waals surface area contributed by atoms with Crippen LogP contribution in [0.25, 0.3) is 22.3 Å². The number of hydrogen-bond acceptors (Lipinski definition) is 16. The maximum Gasteiger partial charge on any atom is 0.253 e. The number of hydroxylamine groups is 4. The maximum absolute atomic E-state index is 14.2. The third-order valence-electron chi connectivity index (χ3n) is 24.9. The highest BCUT2D eigenvalue weighted by atomic mass is 16.7. The van der Waals surface area contributed by atoms with Crippen molar-refractivity contribution < 1.29 is 58.8 Å². The molecule has 105 heavy (non-hydrogen) atoms. The van der Waals surface area contributed by atoms with Crippen molar-refractivity contribution in [3.8, 4) is 33.8 Å². The van der Waals surface area contributed by atoms with Gasteiger partial charge in [0.1, 0.15) is 35.8 Å². The Morgan fingerprint density at radius 2 is 1.14 bits per heavy atom. The Bertz CT molecular complexity index is 3940. The molecule has 8 N–H and O–H groups in total. The van der Waals surface area contributed by atoms with Gasteiger partial charge < -0.3 is 65.5 Å². The smallest absolute Gasteiger partial charge is 0.253 e. The van der Waals surface area contributed by atoms with E-state index in [1.54, 1.807) is 38.2 Å². The first-order valence-corrected chi connectivity index (χ1v) is 37.7. The van der Waals surface area contributed by atoms with Crippen LogP contribution in [-0.4, -0.2) is 199 Å². The van der Waals surface area contributed by atoms with Gasteiger partial charge in [0.05, 0.1) is 52.7 Å². The van der Waals surface area contributed by atoms with E-state index in [4.69, 9.17) is 19.1 Å². The average Bonchev–Trinajstić information content (AvgIpc) is 1.18. The van der Waals surface area contributed by atoms with E-state index in [1.807, 2.05) is 160 Å². The van der Waals surface area contributed by atoms with Crippen molar-refractivity contribution in [1.82, 2.24) is 40.9 Å². The van der Waals surface area contributed by atoms with E-state index in [9.17, 15) is 39.6 Å². The lowest BCUT2D eigenvalue weighted by Crippen LogP contribution is -2.62. The molecule has 6 aromatic rings. The Balaban J connectivity index is 0.000000210. The first-order valence-electron chi connectivity index (χ1n) is 37.7. The molecule has 4 bridgehead atoms. The van der Waals surface area contributed by atoms with Crippen LogP contribution in [0.15, 0.2) is 128 Å². The summed E-state index contributed by atoms with van der Waals surface area (Å²) in [5.74, 6) is 2.30. The van der Waals surface area contributed by atoms with Crippen molar-refractivity contribution in [2.45, 2.75) is 162 Å². The fourth-order valence-corrected chi connectivity index (χ4v) is 18.5. The van der Waals surface area contributed by atoms with Crippen LogP contribution in [0.4, 0.5) is 5.69 Å². The number of ether oxygens (including phenoxy) is 2. The third kappa shape index (κ3) is 16.6. The number of methoxy groups -OCH3 is 2. The van der Waals surface area contributed by atoms with Gasteiger partial charge in [0.2, 0.25) is 11.8 Å². The van der Waals surface area contributed by atoms with Crippen molar-refractivity contribution in [2.24, 2.45) is 58.2 Å². The maximum atomic E-state index is 14.2. The fraction of sp³-hybridized carbons (Fsp3) is 0.548. The zero-order valence-corrected chi connectivity index (χ0v) is 64.2. The molecule has 5 aromatic carbocycles. The molecule has 6 aliphatic carbocycles. The first kappa shape index (κ1) is 78.4. The van der Waals surface area contributed by atoms with Crippen molar-refractivity contribution in [1.29, 1.82) is 0 Å². The number of amides is 4. The minimum atomic E-state index is -0.895. The number of H-pyrrole nitrogens is 1. The van der Waals surface area contributed by atoms with Crippen LogP contribution in [0.2, 0.25) is 0 Å². The van der Waals surface area contributed by atoms with Gasteiger partial charge >= 0.3 is 0 Å². The molecule has 14 rings (SSSR count). The Morgan fingerprint density at radius 3 is 1.58 bits per heavy atom. The molecule has 21 nitrogen and oxygen atoms in total. The number of anilines is 1. The van der Waals surface area contributed by atoms with Crippen LogP contribution in [0.3, 0.4) is 0 Å². The van der Waals surface area contributed by atoms with Crippen molar-refractivity contribution >= 4 is 29.3 Å². The van der Waals surface area contributed by atoms with Gasteiger partial charge in [0.25, 0.3) is 11.8 Å². The van der Waals surface area contributed by atoms with E-state index in [0.717, 1.165) is 70.6 Å². The normalized spacial score (nSPS) is 27.3. The summed E-state index contributed by atoms with van der Waals surface area (Å²) < 4.78 is 12.1. The van der Waals surface area contributed by atoms with Gasteiger partial charge in [-0.2, -0.15) is 10.1 Å². The number of rotatable bonds is 27. The second kappa shape index (κ2) is 33.2. The number of aromatic nitrogens is 1. The number of carbonyl (C=O) groups excluding carboxylic acids is 4. The standard InChI is InChI=1S/C44H60N4O6.C40H55N5O6/c1-27-36-22-33(44(36,3)4)23-37(27)45-42(51)40-39(28(2)50)38(26-49)54-48(40)24-32-15-12-16-35(41(32)53-8)30-17-19-31(20-18-30)43(52)47(7)34(25-46(5)6)21-29-13-10-9-11-14-29;1-23-32-19-28(40(32,3)4)20-33(23)43-39(49)36-35(24(2)47)34(22-46)51-45(36)21-25-10-8-12-31(37(25)50-7)26-16-27(18-30(17-26)44(5)6)38(48)42-15-13-29-11-9-14-41-29/h9-20,27-28,33-34,36-40,49-50H,21-26H2,1-8H3,(H,45,51);8-12,14,16-18,23-24,28,32-36,41,46-47H,13,15,19-22H2,1-7H3,(H,42,48)(H,43,49)/t27-,28-,33+,34-,36-,37-,38-,39+,40-;23-,24-,28+,32-,33?,34-,35+,36-/m00/s1. The number of likely N-dealkylation sites (N-methyl/N-ethyl adjacent to an activating group) is 2. The van der Waals surface area contributed by atoms with Gasteiger partial charge in [-0.05, 0) is 166 Å². The minimum Gasteiger partial charge on any atom is -0.496 e. The first-order chi connectivity index (χ1) is 50.1. The quantitative estimate of drug-likeness (QED) is 0.0239. The summed E-state index contributed by atoms with van der Waals surface area (Å²) in [5.41, 5.74) is 9.64. The number of fused-ring (bicyclic) bond motifs is 4. The van der Waals surface area contributed by atoms with E-state index in [0.29, 0.717) is 76.5 Å². The molecule has 2 saturated heterocycles. The van der Waals surface area contributed by atoms with Gasteiger partial charge in [0.15, 0.2) is 0 Å². The Morgan fingerprint density at radius 1 is 0.629 bits per heavy atom. The van der Waals surface area contributed by atoms with Crippen molar-refractivity contribution in [3.05, 3.63) is 161 Å². The zero-order valence-electron chi connectivity index (χ0n) is 64.2. The second-order valence-electron chi connectivity index (χ2n) is 32.4. The van der Waals surface area contributed by atoms with Crippen molar-refractivity contribution in [2.75, 3.05) is 80.7 Å². The summed E-state index contributed by atoms with van der Waals surface area (Å²) in [6.07, 6.45) is 4.33. The lowest BCUT2D eigenvalue weighted by molar-refractivity contribution is -0.183. The summed E-state index contributed by atoms with van der Waals surface area (Å²) in [7, 11) is 13.0. The SMILES string of the molecule is COc1c(CN2O[C@@H](CO)[C@@H]([C@H](C)O)[C@H]2C(=O)NC2C[C@H]3C[C@@H]([C@@H]2C)C3(C)C)cccc1-c1cc(C(=O)NCCc2ccc[nH]2)cc(N(C)C)c1.COc1c(CN2O[C@@H](CO)[C@@H]([C@H](C)O)[C@H]2C(=O)N[C@H]2C[C@H]3C[C@@H]([C@@H]2C)C3(C)C)cccc1-c1ccc(C(=O)N(C)[C@@H](Cc2ccccc2)CN(C)C)cc1. The predicted octanol–water partition coefficient (Wildman–Crippen LogP) is 9.66. The van der Waals surface area contributed by atoms with Crippen molar-refractivity contribution in [3.63, 3.8) is 0 Å². The highest BCUT2D eigenvalue weighted by molar-refractivity contribution is 5.97. The zero-order chi connectivity index (χ0) is 75.5. The van der Waals surface area contributed by atoms with E-state index in [1.165, 1.54) is 18.4 Å². The summed E-state index contributed by atoms with van der Waals surface area (Å²) in [4.78, 5) is 77.1. The molecule has 568 valence electrons. The number of nitrogens with one attached hydrogen (secondary N) is 4. The summed E-state index contributed by atoms with van der Waals surface area (Å²) in [6, 6.07) is 37.6. The molecular weight excluding hydrogens is 1330 g/mol. The van der Waals surface area contributed by atoms with Gasteiger partial charge in [-0.15, -0.1) is 0 Å². The number of aliphatic hydroxyl groups excluding tert-OH is 4. The molecule has 3 heterocycles. The fourth-order valence-electron chi connectivity index (χ4n) is 18.5. The lowest BCUT2D eigenvalue weighted by atomic mass is 9.45. The predicted molar refractivity (Wildman–Crippen MR) is 408 cm³/mol. The highest BCUT2D eigenvalue weighted by Gasteiger charge is 2.59. The number of benzene rings is 5. The monoisotopic (exact) mass is 1440 g/mol. The number of aliphatic hydroxyl groups is 4. The van der Waals surface area contributed by atoms with Crippen LogP contribution in [-0.2, 0) is 45.2 Å². The van der Waals surface area contributed by atoms with Gasteiger partial charge in [-0.25, -0.2) is 0 Å². The molecule has 21 heteroatoms.